The van der Waals surface area contributed by atoms with Crippen molar-refractivity contribution in [3.63, 3.8) is 0 Å². The van der Waals surface area contributed by atoms with Gasteiger partial charge >= 0.3 is 0 Å². The van der Waals surface area contributed by atoms with Crippen LogP contribution in [0.4, 0.5) is 11.4 Å². The van der Waals surface area contributed by atoms with E-state index in [-0.39, 0.29) is 5.78 Å². The Hall–Kier alpha value is -2.29. The van der Waals surface area contributed by atoms with Gasteiger partial charge in [0.1, 0.15) is 0 Å². The Balaban J connectivity index is 2.29. The molecule has 3 heteroatoms. The number of ketones is 1. The molecule has 0 aromatic heterocycles. The second-order valence-electron chi connectivity index (χ2n) is 3.83. The number of rotatable bonds is 4. The van der Waals surface area contributed by atoms with E-state index in [1.807, 2.05) is 49.4 Å². The van der Waals surface area contributed by atoms with E-state index in [2.05, 4.69) is 10.2 Å². The summed E-state index contributed by atoms with van der Waals surface area (Å²) in [6.45, 7) is 1.84. The van der Waals surface area contributed by atoms with E-state index in [0.717, 1.165) is 5.69 Å². The van der Waals surface area contributed by atoms with Gasteiger partial charge in [-0.25, -0.2) is 0 Å². The summed E-state index contributed by atoms with van der Waals surface area (Å²) in [6, 6.07) is 16.7. The highest BCUT2D eigenvalue weighted by Gasteiger charge is 2.07. The number of carbonyl (C=O) groups is 1. The molecule has 0 unspecified atom stereocenters. The molecule has 2 aromatic carbocycles. The maximum atomic E-state index is 11.7. The average Bonchev–Trinajstić information content (AvgIpc) is 2.45. The lowest BCUT2D eigenvalue weighted by Gasteiger charge is -2.01. The predicted molar refractivity (Wildman–Crippen MR) is 71.7 cm³/mol. The number of nitrogens with zero attached hydrogens (tertiary/aromatic N) is 2. The molecular weight excluding hydrogens is 224 g/mol. The molecule has 0 atom stereocenters. The molecule has 0 bridgehead atoms. The monoisotopic (exact) mass is 238 g/mol. The van der Waals surface area contributed by atoms with Crippen LogP contribution in [-0.4, -0.2) is 5.78 Å². The van der Waals surface area contributed by atoms with E-state index in [0.29, 0.717) is 17.7 Å². The van der Waals surface area contributed by atoms with Crippen LogP contribution in [0.15, 0.2) is 64.8 Å². The Labute approximate surface area is 106 Å². The normalized spacial score (nSPS) is 10.7. The van der Waals surface area contributed by atoms with Crippen molar-refractivity contribution >= 4 is 17.2 Å². The smallest absolute Gasteiger partial charge is 0.164 e. The molecule has 2 aromatic rings. The third kappa shape index (κ3) is 2.88. The van der Waals surface area contributed by atoms with Gasteiger partial charge in [0, 0.05) is 12.0 Å². The van der Waals surface area contributed by atoms with Crippen LogP contribution >= 0.6 is 0 Å². The van der Waals surface area contributed by atoms with Crippen LogP contribution < -0.4 is 0 Å². The first-order valence-corrected chi connectivity index (χ1v) is 5.90. The largest absolute Gasteiger partial charge is 0.294 e. The SMILES string of the molecule is CCC(=O)c1ccccc1N=Nc1ccccc1. The number of hydrogen-bond donors (Lipinski definition) is 0. The second-order valence-corrected chi connectivity index (χ2v) is 3.83. The Morgan fingerprint density at radius 1 is 0.944 bits per heavy atom. The summed E-state index contributed by atoms with van der Waals surface area (Å²) in [5, 5.41) is 8.28. The minimum atomic E-state index is 0.0811. The fourth-order valence-electron chi connectivity index (χ4n) is 1.59. The zero-order valence-electron chi connectivity index (χ0n) is 10.2. The molecule has 3 nitrogen and oxygen atoms in total. The van der Waals surface area contributed by atoms with Gasteiger partial charge in [-0.1, -0.05) is 37.3 Å². The van der Waals surface area contributed by atoms with Crippen molar-refractivity contribution < 1.29 is 4.79 Å². The molecule has 0 fully saturated rings. The zero-order chi connectivity index (χ0) is 12.8. The van der Waals surface area contributed by atoms with Gasteiger partial charge in [0.25, 0.3) is 0 Å². The predicted octanol–water partition coefficient (Wildman–Crippen LogP) is 4.69. The molecule has 0 N–H and O–H groups in total. The second kappa shape index (κ2) is 5.87. The molecule has 0 amide bonds. The van der Waals surface area contributed by atoms with Crippen molar-refractivity contribution in [1.29, 1.82) is 0 Å². The Kier molecular flexibility index (Phi) is 3.97. The molecule has 18 heavy (non-hydrogen) atoms. The van der Waals surface area contributed by atoms with Crippen LogP contribution in [0.2, 0.25) is 0 Å². The molecule has 0 spiro atoms. The minimum absolute atomic E-state index is 0.0811. The van der Waals surface area contributed by atoms with Crippen molar-refractivity contribution in [2.75, 3.05) is 0 Å². The number of benzene rings is 2. The molecule has 0 heterocycles. The molecule has 0 aliphatic carbocycles. The Bertz CT molecular complexity index is 562. The highest BCUT2D eigenvalue weighted by atomic mass is 16.1. The average molecular weight is 238 g/mol. The standard InChI is InChI=1S/C15H14N2O/c1-2-15(18)13-10-6-7-11-14(13)17-16-12-8-4-3-5-9-12/h3-11H,2H2,1H3. The number of azo groups is 1. The quantitative estimate of drug-likeness (QED) is 0.562. The number of Topliss-reactive ketones (excluding diaryl/α,β-unsaturated/α-hetero) is 1. The summed E-state index contributed by atoms with van der Waals surface area (Å²) < 4.78 is 0. The lowest BCUT2D eigenvalue weighted by Crippen LogP contribution is -1.95. The van der Waals surface area contributed by atoms with Crippen LogP contribution in [-0.2, 0) is 0 Å². The van der Waals surface area contributed by atoms with Crippen molar-refractivity contribution in [2.45, 2.75) is 13.3 Å². The van der Waals surface area contributed by atoms with Gasteiger partial charge in [0.2, 0.25) is 0 Å². The topological polar surface area (TPSA) is 41.8 Å². The molecule has 0 aliphatic heterocycles. The summed E-state index contributed by atoms with van der Waals surface area (Å²) in [6.07, 6.45) is 0.470. The van der Waals surface area contributed by atoms with Crippen LogP contribution in [0.1, 0.15) is 23.7 Å². The fraction of sp³-hybridized carbons (Fsp3) is 0.133. The van der Waals surface area contributed by atoms with E-state index >= 15 is 0 Å². The number of hydrogen-bond acceptors (Lipinski definition) is 3. The Morgan fingerprint density at radius 3 is 2.33 bits per heavy atom. The van der Waals surface area contributed by atoms with E-state index in [1.54, 1.807) is 12.1 Å². The fourth-order valence-corrected chi connectivity index (χ4v) is 1.59. The highest BCUT2D eigenvalue weighted by Crippen LogP contribution is 2.23. The lowest BCUT2D eigenvalue weighted by atomic mass is 10.1. The van der Waals surface area contributed by atoms with E-state index in [1.165, 1.54) is 0 Å². The van der Waals surface area contributed by atoms with Gasteiger partial charge in [-0.3, -0.25) is 4.79 Å². The van der Waals surface area contributed by atoms with Crippen molar-refractivity contribution in [3.05, 3.63) is 60.2 Å². The van der Waals surface area contributed by atoms with E-state index in [4.69, 9.17) is 0 Å². The van der Waals surface area contributed by atoms with Crippen molar-refractivity contribution in [2.24, 2.45) is 10.2 Å². The van der Waals surface area contributed by atoms with E-state index < -0.39 is 0 Å². The van der Waals surface area contributed by atoms with Crippen LogP contribution in [0.25, 0.3) is 0 Å². The highest BCUT2D eigenvalue weighted by molar-refractivity contribution is 6.00. The Morgan fingerprint density at radius 2 is 1.61 bits per heavy atom. The number of carbonyl (C=O) groups excluding carboxylic acids is 1. The summed E-state index contributed by atoms with van der Waals surface area (Å²) in [7, 11) is 0. The van der Waals surface area contributed by atoms with Gasteiger partial charge in [-0.2, -0.15) is 5.11 Å². The molecule has 0 saturated heterocycles. The summed E-state index contributed by atoms with van der Waals surface area (Å²) in [4.78, 5) is 11.7. The first kappa shape index (κ1) is 12.2. The third-order valence-electron chi connectivity index (χ3n) is 2.55. The van der Waals surface area contributed by atoms with Crippen LogP contribution in [0.5, 0.6) is 0 Å². The lowest BCUT2D eigenvalue weighted by molar-refractivity contribution is 0.0989. The van der Waals surface area contributed by atoms with Gasteiger partial charge < -0.3 is 0 Å². The van der Waals surface area contributed by atoms with Crippen LogP contribution in [0.3, 0.4) is 0 Å². The maximum Gasteiger partial charge on any atom is 0.164 e. The van der Waals surface area contributed by atoms with E-state index in [9.17, 15) is 4.79 Å². The summed E-state index contributed by atoms with van der Waals surface area (Å²) in [5.41, 5.74) is 2.02. The first-order chi connectivity index (χ1) is 8.81. The maximum absolute atomic E-state index is 11.7. The summed E-state index contributed by atoms with van der Waals surface area (Å²) >= 11 is 0. The molecule has 2 rings (SSSR count). The van der Waals surface area contributed by atoms with Gasteiger partial charge in [-0.05, 0) is 24.3 Å². The minimum Gasteiger partial charge on any atom is -0.294 e. The van der Waals surface area contributed by atoms with Crippen LogP contribution in [0, 0.1) is 0 Å². The first-order valence-electron chi connectivity index (χ1n) is 5.90. The molecule has 90 valence electrons. The van der Waals surface area contributed by atoms with Crippen molar-refractivity contribution in [1.82, 2.24) is 0 Å². The third-order valence-corrected chi connectivity index (χ3v) is 2.55. The molecule has 0 saturated carbocycles. The van der Waals surface area contributed by atoms with Gasteiger partial charge in [0.15, 0.2) is 5.78 Å². The van der Waals surface area contributed by atoms with Gasteiger partial charge in [-0.15, -0.1) is 5.11 Å². The molecule has 0 aliphatic rings. The van der Waals surface area contributed by atoms with Crippen molar-refractivity contribution in [3.8, 4) is 0 Å². The van der Waals surface area contributed by atoms with Gasteiger partial charge in [0.05, 0.1) is 11.4 Å². The zero-order valence-corrected chi connectivity index (χ0v) is 10.2. The molecule has 0 radical (unpaired) electrons. The molecular formula is C15H14N2O. The summed E-state index contributed by atoms with van der Waals surface area (Å²) in [5.74, 6) is 0.0811.